The molecule has 0 aliphatic heterocycles. The average molecular weight is 229 g/mol. The maximum absolute atomic E-state index is 5.76. The van der Waals surface area contributed by atoms with E-state index in [1.54, 1.807) is 6.07 Å². The highest BCUT2D eigenvalue weighted by Gasteiger charge is 2.16. The van der Waals surface area contributed by atoms with Crippen LogP contribution in [0.3, 0.4) is 0 Å². The minimum atomic E-state index is 0.505. The Hall–Kier alpha value is -1.91. The quantitative estimate of drug-likeness (QED) is 0.803. The molecule has 0 bridgehead atoms. The Morgan fingerprint density at radius 1 is 1.24 bits per heavy atom. The van der Waals surface area contributed by atoms with Crippen molar-refractivity contribution in [3.63, 3.8) is 0 Å². The van der Waals surface area contributed by atoms with Crippen LogP contribution in [0.15, 0.2) is 12.4 Å². The molecule has 0 saturated carbocycles. The molecule has 0 spiro atoms. The lowest BCUT2D eigenvalue weighted by molar-refractivity contribution is 0.653. The summed E-state index contributed by atoms with van der Waals surface area (Å²) < 4.78 is 2.04. The molecule has 2 heterocycles. The van der Waals surface area contributed by atoms with E-state index in [2.05, 4.69) is 15.0 Å². The first kappa shape index (κ1) is 10.3. The van der Waals surface area contributed by atoms with Crippen molar-refractivity contribution in [3.05, 3.63) is 29.6 Å². The van der Waals surface area contributed by atoms with Gasteiger partial charge in [0.25, 0.3) is 0 Å². The topological polar surface area (TPSA) is 69.6 Å². The van der Waals surface area contributed by atoms with E-state index in [4.69, 9.17) is 5.73 Å². The summed E-state index contributed by atoms with van der Waals surface area (Å²) in [6, 6.07) is 1.80. The number of hydrogen-bond donors (Lipinski definition) is 1. The highest BCUT2D eigenvalue weighted by atomic mass is 15.1. The molecule has 0 saturated heterocycles. The Balaban J connectivity index is 2.11. The molecule has 1 aliphatic rings. The molecular weight excluding hydrogens is 214 g/mol. The normalized spacial score (nSPS) is 14.6. The van der Waals surface area contributed by atoms with Crippen LogP contribution in [0.2, 0.25) is 0 Å². The number of aromatic nitrogens is 4. The first-order chi connectivity index (χ1) is 8.24. The van der Waals surface area contributed by atoms with Crippen LogP contribution in [0.1, 0.15) is 30.1 Å². The van der Waals surface area contributed by atoms with Crippen LogP contribution in [0.4, 0.5) is 5.82 Å². The summed E-state index contributed by atoms with van der Waals surface area (Å²) in [6.07, 6.45) is 6.44. The number of nitrogens with two attached hydrogens (primary N) is 1. The molecule has 2 N–H and O–H groups in total. The third-order valence-corrected chi connectivity index (χ3v) is 3.12. The van der Waals surface area contributed by atoms with Gasteiger partial charge in [0.2, 0.25) is 0 Å². The van der Waals surface area contributed by atoms with Crippen LogP contribution in [0, 0.1) is 6.92 Å². The van der Waals surface area contributed by atoms with Crippen LogP contribution in [-0.2, 0) is 12.8 Å². The zero-order valence-corrected chi connectivity index (χ0v) is 9.85. The summed E-state index contributed by atoms with van der Waals surface area (Å²) in [6.45, 7) is 1.85. The predicted molar refractivity (Wildman–Crippen MR) is 64.9 cm³/mol. The molecule has 5 heteroatoms. The van der Waals surface area contributed by atoms with Crippen molar-refractivity contribution >= 4 is 5.82 Å². The van der Waals surface area contributed by atoms with Gasteiger partial charge in [0, 0.05) is 11.8 Å². The molecule has 0 fully saturated rings. The highest BCUT2D eigenvalue weighted by molar-refractivity contribution is 5.39. The zero-order chi connectivity index (χ0) is 11.8. The summed E-state index contributed by atoms with van der Waals surface area (Å²) in [7, 11) is 0. The molecule has 0 aromatic carbocycles. The van der Waals surface area contributed by atoms with E-state index in [-0.39, 0.29) is 0 Å². The van der Waals surface area contributed by atoms with Gasteiger partial charge < -0.3 is 5.73 Å². The summed E-state index contributed by atoms with van der Waals surface area (Å²) in [5, 5.41) is 0. The van der Waals surface area contributed by atoms with Gasteiger partial charge in [-0.25, -0.2) is 15.0 Å². The number of aryl methyl sites for hydroxylation is 2. The molecule has 17 heavy (non-hydrogen) atoms. The van der Waals surface area contributed by atoms with Crippen molar-refractivity contribution < 1.29 is 0 Å². The fraction of sp³-hybridized carbons (Fsp3) is 0.417. The van der Waals surface area contributed by atoms with E-state index in [0.717, 1.165) is 18.7 Å². The van der Waals surface area contributed by atoms with Crippen LogP contribution < -0.4 is 5.73 Å². The van der Waals surface area contributed by atoms with Gasteiger partial charge in [-0.3, -0.25) is 4.57 Å². The lowest BCUT2D eigenvalue weighted by Gasteiger charge is -2.13. The number of imidazole rings is 1. The Morgan fingerprint density at radius 2 is 2.06 bits per heavy atom. The third-order valence-electron chi connectivity index (χ3n) is 3.12. The standard InChI is InChI=1S/C12H15N5/c1-8-15-11(13)6-12(16-8)17-7-14-9-4-2-3-5-10(9)17/h6-7H,2-5H2,1H3,(H2,13,15,16). The van der Waals surface area contributed by atoms with E-state index >= 15 is 0 Å². The lowest BCUT2D eigenvalue weighted by atomic mass is 10.0. The maximum Gasteiger partial charge on any atom is 0.143 e. The van der Waals surface area contributed by atoms with Crippen molar-refractivity contribution in [2.45, 2.75) is 32.6 Å². The Bertz CT molecular complexity index is 538. The summed E-state index contributed by atoms with van der Waals surface area (Å²) >= 11 is 0. The number of anilines is 1. The molecular formula is C12H15N5. The fourth-order valence-electron chi connectivity index (χ4n) is 2.36. The van der Waals surface area contributed by atoms with Gasteiger partial charge in [0.1, 0.15) is 23.8 Å². The van der Waals surface area contributed by atoms with Crippen LogP contribution in [-0.4, -0.2) is 19.5 Å². The lowest BCUT2D eigenvalue weighted by Crippen LogP contribution is -2.09. The first-order valence-electron chi connectivity index (χ1n) is 5.90. The summed E-state index contributed by atoms with van der Waals surface area (Å²) in [5.74, 6) is 2.02. The van der Waals surface area contributed by atoms with Gasteiger partial charge >= 0.3 is 0 Å². The minimum absolute atomic E-state index is 0.505. The highest BCUT2D eigenvalue weighted by Crippen LogP contribution is 2.22. The summed E-state index contributed by atoms with van der Waals surface area (Å²) in [4.78, 5) is 13.0. The Morgan fingerprint density at radius 3 is 2.88 bits per heavy atom. The molecule has 88 valence electrons. The summed E-state index contributed by atoms with van der Waals surface area (Å²) in [5.41, 5.74) is 8.23. The van der Waals surface area contributed by atoms with E-state index in [1.807, 2.05) is 17.8 Å². The van der Waals surface area contributed by atoms with Crippen LogP contribution in [0.5, 0.6) is 0 Å². The second-order valence-corrected chi connectivity index (χ2v) is 4.41. The third kappa shape index (κ3) is 1.77. The fourth-order valence-corrected chi connectivity index (χ4v) is 2.36. The van der Waals surface area contributed by atoms with Crippen molar-refractivity contribution in [1.29, 1.82) is 0 Å². The van der Waals surface area contributed by atoms with Crippen molar-refractivity contribution in [1.82, 2.24) is 19.5 Å². The molecule has 0 radical (unpaired) electrons. The van der Waals surface area contributed by atoms with Gasteiger partial charge in [0.15, 0.2) is 0 Å². The van der Waals surface area contributed by atoms with Crippen LogP contribution in [0.25, 0.3) is 5.82 Å². The molecule has 0 unspecified atom stereocenters. The molecule has 2 aromatic heterocycles. The van der Waals surface area contributed by atoms with Crippen molar-refractivity contribution in [2.24, 2.45) is 0 Å². The second-order valence-electron chi connectivity index (χ2n) is 4.41. The van der Waals surface area contributed by atoms with Crippen molar-refractivity contribution in [3.8, 4) is 5.82 Å². The van der Waals surface area contributed by atoms with Gasteiger partial charge in [0.05, 0.1) is 5.69 Å². The molecule has 2 aromatic rings. The molecule has 1 aliphatic carbocycles. The predicted octanol–water partition coefficient (Wildman–Crippen LogP) is 1.43. The van der Waals surface area contributed by atoms with Gasteiger partial charge in [-0.05, 0) is 32.6 Å². The number of nitrogen functional groups attached to an aromatic ring is 1. The smallest absolute Gasteiger partial charge is 0.143 e. The van der Waals surface area contributed by atoms with Crippen molar-refractivity contribution in [2.75, 3.05) is 5.73 Å². The Labute approximate surface area is 99.7 Å². The van der Waals surface area contributed by atoms with Gasteiger partial charge in [-0.15, -0.1) is 0 Å². The van der Waals surface area contributed by atoms with E-state index < -0.39 is 0 Å². The van der Waals surface area contributed by atoms with E-state index in [0.29, 0.717) is 11.6 Å². The van der Waals surface area contributed by atoms with Gasteiger partial charge in [-0.2, -0.15) is 0 Å². The largest absolute Gasteiger partial charge is 0.384 e. The average Bonchev–Trinajstić information content (AvgIpc) is 2.71. The molecule has 5 nitrogen and oxygen atoms in total. The Kier molecular flexibility index (Phi) is 2.31. The van der Waals surface area contributed by atoms with E-state index in [1.165, 1.54) is 24.2 Å². The minimum Gasteiger partial charge on any atom is -0.384 e. The van der Waals surface area contributed by atoms with E-state index in [9.17, 15) is 0 Å². The zero-order valence-electron chi connectivity index (χ0n) is 9.85. The maximum atomic E-state index is 5.76. The first-order valence-corrected chi connectivity index (χ1v) is 5.90. The second kappa shape index (κ2) is 3.84. The number of hydrogen-bond acceptors (Lipinski definition) is 4. The number of rotatable bonds is 1. The number of fused-ring (bicyclic) bond motifs is 1. The molecule has 0 atom stereocenters. The van der Waals surface area contributed by atoms with Crippen LogP contribution >= 0.6 is 0 Å². The SMILES string of the molecule is Cc1nc(N)cc(-n2cnc3c2CCCC3)n1. The monoisotopic (exact) mass is 229 g/mol. The molecule has 3 rings (SSSR count). The molecule has 0 amide bonds. The number of nitrogens with zero attached hydrogens (tertiary/aromatic N) is 4. The van der Waals surface area contributed by atoms with Gasteiger partial charge in [-0.1, -0.05) is 0 Å².